The summed E-state index contributed by atoms with van der Waals surface area (Å²) in [7, 11) is 0. The Bertz CT molecular complexity index is 256. The van der Waals surface area contributed by atoms with Gasteiger partial charge in [0.25, 0.3) is 0 Å². The number of hydrogen-bond acceptors (Lipinski definition) is 1. The van der Waals surface area contributed by atoms with Crippen molar-refractivity contribution in [3.8, 4) is 0 Å². The summed E-state index contributed by atoms with van der Waals surface area (Å²) in [5.41, 5.74) is 1.25. The molecule has 1 N–H and O–H groups in total. The Balaban J connectivity index is 2.72. The minimum Gasteiger partial charge on any atom is -0.381 e. The molecule has 0 saturated heterocycles. The number of nitrogens with one attached hydrogen (secondary N) is 1. The molecule has 0 spiro atoms. The zero-order valence-corrected chi connectivity index (χ0v) is 8.33. The van der Waals surface area contributed by atoms with E-state index in [-0.39, 0.29) is 0 Å². The van der Waals surface area contributed by atoms with Crippen LogP contribution in [0.3, 0.4) is 0 Å². The first-order chi connectivity index (χ1) is 6.24. The minimum absolute atomic E-state index is 0.296. The zero-order chi connectivity index (χ0) is 9.68. The van der Waals surface area contributed by atoms with Crippen molar-refractivity contribution in [3.05, 3.63) is 48.7 Å². The molecule has 0 aliphatic carbocycles. The van der Waals surface area contributed by atoms with Crippen molar-refractivity contribution in [2.45, 2.75) is 19.9 Å². The summed E-state index contributed by atoms with van der Waals surface area (Å²) in [6.07, 6.45) is 12.3. The van der Waals surface area contributed by atoms with Gasteiger partial charge in [0.2, 0.25) is 0 Å². The molecule has 1 nitrogen and oxygen atoms in total. The van der Waals surface area contributed by atoms with Crippen LogP contribution in [0.4, 0.5) is 0 Å². The van der Waals surface area contributed by atoms with Gasteiger partial charge in [-0.25, -0.2) is 0 Å². The molecule has 0 radical (unpaired) electrons. The summed E-state index contributed by atoms with van der Waals surface area (Å²) in [6.45, 7) is 8.17. The van der Waals surface area contributed by atoms with Crippen molar-refractivity contribution >= 4 is 0 Å². The first kappa shape index (κ1) is 9.85. The van der Waals surface area contributed by atoms with E-state index in [1.165, 1.54) is 5.57 Å². The molecule has 0 fully saturated rings. The molecule has 1 rings (SSSR count). The van der Waals surface area contributed by atoms with Crippen molar-refractivity contribution in [2.75, 3.05) is 0 Å². The Morgan fingerprint density at radius 1 is 1.46 bits per heavy atom. The second-order valence-corrected chi connectivity index (χ2v) is 3.50. The average molecular weight is 175 g/mol. The van der Waals surface area contributed by atoms with Gasteiger partial charge in [-0.1, -0.05) is 44.7 Å². The highest BCUT2D eigenvalue weighted by molar-refractivity contribution is 5.31. The van der Waals surface area contributed by atoms with E-state index in [4.69, 9.17) is 0 Å². The molecule has 0 aromatic heterocycles. The summed E-state index contributed by atoms with van der Waals surface area (Å²) in [5.74, 6) is 0.564. The molecule has 70 valence electrons. The van der Waals surface area contributed by atoms with Gasteiger partial charge in [-0.05, 0) is 23.8 Å². The fraction of sp³-hybridized carbons (Fsp3) is 0.333. The lowest BCUT2D eigenvalue weighted by molar-refractivity contribution is 0.763. The molecule has 0 bridgehead atoms. The Morgan fingerprint density at radius 3 is 2.69 bits per heavy atom. The van der Waals surface area contributed by atoms with E-state index in [2.05, 4.69) is 44.0 Å². The van der Waals surface area contributed by atoms with Crippen LogP contribution in [0.15, 0.2) is 48.7 Å². The van der Waals surface area contributed by atoms with E-state index in [0.29, 0.717) is 12.0 Å². The van der Waals surface area contributed by atoms with Crippen LogP contribution in [0.1, 0.15) is 13.8 Å². The van der Waals surface area contributed by atoms with Crippen molar-refractivity contribution in [3.63, 3.8) is 0 Å². The third-order valence-corrected chi connectivity index (χ3v) is 1.91. The summed E-state index contributed by atoms with van der Waals surface area (Å²) < 4.78 is 0. The molecular weight excluding hydrogens is 158 g/mol. The lowest BCUT2D eigenvalue weighted by Crippen LogP contribution is -2.25. The van der Waals surface area contributed by atoms with Crippen LogP contribution in [0.25, 0.3) is 0 Å². The number of rotatable bonds is 3. The molecule has 1 atom stereocenters. The first-order valence-electron chi connectivity index (χ1n) is 4.67. The topological polar surface area (TPSA) is 12.0 Å². The molecule has 1 aliphatic rings. The molecule has 1 heteroatoms. The molecule has 1 unspecified atom stereocenters. The molecule has 0 saturated carbocycles. The molecule has 1 heterocycles. The molecule has 13 heavy (non-hydrogen) atoms. The van der Waals surface area contributed by atoms with Gasteiger partial charge < -0.3 is 5.32 Å². The van der Waals surface area contributed by atoms with E-state index in [1.54, 1.807) is 0 Å². The first-order valence-corrected chi connectivity index (χ1v) is 4.67. The van der Waals surface area contributed by atoms with E-state index in [9.17, 15) is 0 Å². The lowest BCUT2D eigenvalue weighted by atomic mass is 10.0. The molecule has 0 amide bonds. The summed E-state index contributed by atoms with van der Waals surface area (Å²) in [5, 5.41) is 3.27. The Kier molecular flexibility index (Phi) is 3.56. The van der Waals surface area contributed by atoms with E-state index < -0.39 is 0 Å². The maximum absolute atomic E-state index is 3.82. The number of allylic oxidation sites excluding steroid dienone is 3. The van der Waals surface area contributed by atoms with E-state index in [0.717, 1.165) is 0 Å². The van der Waals surface area contributed by atoms with Gasteiger partial charge in [0.15, 0.2) is 0 Å². The van der Waals surface area contributed by atoms with E-state index in [1.807, 2.05) is 18.4 Å². The number of dihydropyridines is 1. The van der Waals surface area contributed by atoms with Crippen molar-refractivity contribution < 1.29 is 0 Å². The smallest absolute Gasteiger partial charge is 0.0692 e. The van der Waals surface area contributed by atoms with Crippen LogP contribution in [-0.2, 0) is 0 Å². The van der Waals surface area contributed by atoms with Crippen LogP contribution >= 0.6 is 0 Å². The van der Waals surface area contributed by atoms with Gasteiger partial charge in [-0.2, -0.15) is 0 Å². The maximum atomic E-state index is 3.82. The van der Waals surface area contributed by atoms with Crippen LogP contribution in [0.5, 0.6) is 0 Å². The fourth-order valence-corrected chi connectivity index (χ4v) is 1.34. The summed E-state index contributed by atoms with van der Waals surface area (Å²) in [6, 6.07) is 0.296. The third-order valence-electron chi connectivity index (χ3n) is 1.91. The fourth-order valence-electron chi connectivity index (χ4n) is 1.34. The van der Waals surface area contributed by atoms with Crippen LogP contribution in [-0.4, -0.2) is 6.04 Å². The monoisotopic (exact) mass is 175 g/mol. The Labute approximate surface area is 80.5 Å². The highest BCUT2D eigenvalue weighted by atomic mass is 14.9. The second kappa shape index (κ2) is 4.70. The van der Waals surface area contributed by atoms with Crippen molar-refractivity contribution in [1.29, 1.82) is 0 Å². The zero-order valence-electron chi connectivity index (χ0n) is 8.33. The highest BCUT2D eigenvalue weighted by Gasteiger charge is 2.07. The SMILES string of the molecule is C=C/C(=C\C(C)C)C1C=CC=CN1. The standard InChI is InChI=1S/C12H17N/c1-4-11(9-10(2)3)12-7-5-6-8-13-12/h4-10,12-13H,1H2,2-3H3/b11-9+. The largest absolute Gasteiger partial charge is 0.381 e. The van der Waals surface area contributed by atoms with Gasteiger partial charge in [0.1, 0.15) is 0 Å². The average Bonchev–Trinajstić information content (AvgIpc) is 2.15. The van der Waals surface area contributed by atoms with Crippen LogP contribution in [0, 0.1) is 5.92 Å². The Hall–Kier alpha value is -1.24. The highest BCUT2D eigenvalue weighted by Crippen LogP contribution is 2.11. The predicted octanol–water partition coefficient (Wildman–Crippen LogP) is 2.80. The molecule has 0 aromatic carbocycles. The molecule has 0 aromatic rings. The van der Waals surface area contributed by atoms with Gasteiger partial charge in [0, 0.05) is 0 Å². The molecular formula is C12H17N. The normalized spacial score (nSPS) is 21.8. The summed E-state index contributed by atoms with van der Waals surface area (Å²) in [4.78, 5) is 0. The predicted molar refractivity (Wildman–Crippen MR) is 58.3 cm³/mol. The van der Waals surface area contributed by atoms with Crippen molar-refractivity contribution in [2.24, 2.45) is 5.92 Å². The molecule has 1 aliphatic heterocycles. The second-order valence-electron chi connectivity index (χ2n) is 3.50. The summed E-state index contributed by atoms with van der Waals surface area (Å²) >= 11 is 0. The van der Waals surface area contributed by atoms with Gasteiger partial charge in [-0.3, -0.25) is 0 Å². The maximum Gasteiger partial charge on any atom is 0.0692 e. The van der Waals surface area contributed by atoms with Gasteiger partial charge >= 0.3 is 0 Å². The van der Waals surface area contributed by atoms with Crippen LogP contribution < -0.4 is 5.32 Å². The minimum atomic E-state index is 0.296. The lowest BCUT2D eigenvalue weighted by Gasteiger charge is -2.17. The van der Waals surface area contributed by atoms with Gasteiger partial charge in [0.05, 0.1) is 6.04 Å². The van der Waals surface area contributed by atoms with Gasteiger partial charge in [-0.15, -0.1) is 0 Å². The van der Waals surface area contributed by atoms with E-state index >= 15 is 0 Å². The number of hydrogen-bond donors (Lipinski definition) is 1. The third kappa shape index (κ3) is 2.94. The quantitative estimate of drug-likeness (QED) is 0.650. The Morgan fingerprint density at radius 2 is 2.23 bits per heavy atom. The van der Waals surface area contributed by atoms with Crippen molar-refractivity contribution in [1.82, 2.24) is 5.32 Å². The van der Waals surface area contributed by atoms with Crippen LogP contribution in [0.2, 0.25) is 0 Å².